The van der Waals surface area contributed by atoms with Crippen LogP contribution in [0.1, 0.15) is 17.5 Å². The first-order valence-electron chi connectivity index (χ1n) is 7.48. The molecule has 1 amide bonds. The number of benzene rings is 2. The van der Waals surface area contributed by atoms with Crippen LogP contribution in [0.5, 0.6) is 5.75 Å². The quantitative estimate of drug-likeness (QED) is 0.793. The largest absolute Gasteiger partial charge is 0.435 e. The fourth-order valence-corrected chi connectivity index (χ4v) is 2.22. The van der Waals surface area contributed by atoms with Crippen LogP contribution in [0.15, 0.2) is 48.5 Å². The normalized spacial score (nSPS) is 10.7. The van der Waals surface area contributed by atoms with Gasteiger partial charge in [0.05, 0.1) is 6.61 Å². The van der Waals surface area contributed by atoms with Crippen molar-refractivity contribution < 1.29 is 23.0 Å². The van der Waals surface area contributed by atoms with Crippen molar-refractivity contribution in [2.24, 2.45) is 0 Å². The van der Waals surface area contributed by atoms with E-state index in [0.29, 0.717) is 19.4 Å². The molecule has 0 spiro atoms. The molecule has 24 heavy (non-hydrogen) atoms. The van der Waals surface area contributed by atoms with Gasteiger partial charge in [-0.15, -0.1) is 0 Å². The molecule has 2 aromatic rings. The van der Waals surface area contributed by atoms with Crippen molar-refractivity contribution in [1.29, 1.82) is 0 Å². The summed E-state index contributed by atoms with van der Waals surface area (Å²) in [6.07, 6.45) is 0.808. The fraction of sp³-hybridized carbons (Fsp3) is 0.278. The van der Waals surface area contributed by atoms with Crippen LogP contribution in [-0.2, 0) is 22.6 Å². The molecular weight excluding hydrogens is 316 g/mol. The van der Waals surface area contributed by atoms with Gasteiger partial charge in [-0.05, 0) is 41.8 Å². The number of methoxy groups -OCH3 is 1. The zero-order chi connectivity index (χ0) is 17.4. The minimum Gasteiger partial charge on any atom is -0.435 e. The summed E-state index contributed by atoms with van der Waals surface area (Å²) in [6.45, 7) is -2.35. The van der Waals surface area contributed by atoms with Crippen molar-refractivity contribution in [1.82, 2.24) is 0 Å². The molecule has 128 valence electrons. The summed E-state index contributed by atoms with van der Waals surface area (Å²) < 4.78 is 33.5. The Bertz CT molecular complexity index is 660. The molecule has 2 aromatic carbocycles. The number of carbonyl (C=O) groups is 1. The molecular formula is C18H19F2NO3. The third kappa shape index (κ3) is 5.96. The standard InChI is InChI=1S/C18H19F2NO3/c1-23-12-14-3-2-4-15(11-14)21-17(22)10-7-13-5-8-16(9-6-13)24-18(19)20/h2-6,8-9,11,18H,7,10,12H2,1H3,(H,21,22). The Morgan fingerprint density at radius 1 is 1.12 bits per heavy atom. The second-order valence-corrected chi connectivity index (χ2v) is 5.20. The maximum atomic E-state index is 12.1. The van der Waals surface area contributed by atoms with E-state index in [2.05, 4.69) is 10.1 Å². The van der Waals surface area contributed by atoms with Crippen LogP contribution >= 0.6 is 0 Å². The molecule has 0 aromatic heterocycles. The van der Waals surface area contributed by atoms with Gasteiger partial charge in [0.1, 0.15) is 5.75 Å². The van der Waals surface area contributed by atoms with Crippen LogP contribution in [0.25, 0.3) is 0 Å². The molecule has 0 atom stereocenters. The number of anilines is 1. The fourth-order valence-electron chi connectivity index (χ4n) is 2.22. The van der Waals surface area contributed by atoms with Crippen LogP contribution in [0.2, 0.25) is 0 Å². The van der Waals surface area contributed by atoms with Gasteiger partial charge in [-0.3, -0.25) is 4.79 Å². The smallest absolute Gasteiger partial charge is 0.387 e. The van der Waals surface area contributed by atoms with Gasteiger partial charge in [0.2, 0.25) is 5.91 Å². The zero-order valence-electron chi connectivity index (χ0n) is 13.3. The summed E-state index contributed by atoms with van der Waals surface area (Å²) in [4.78, 5) is 12.0. The Labute approximate surface area is 139 Å². The van der Waals surface area contributed by atoms with Crippen LogP contribution in [0.4, 0.5) is 14.5 Å². The SMILES string of the molecule is COCc1cccc(NC(=O)CCc2ccc(OC(F)F)cc2)c1. The van der Waals surface area contributed by atoms with Crippen molar-refractivity contribution in [2.75, 3.05) is 12.4 Å². The van der Waals surface area contributed by atoms with Crippen molar-refractivity contribution in [3.63, 3.8) is 0 Å². The number of ether oxygens (including phenoxy) is 2. The van der Waals surface area contributed by atoms with Gasteiger partial charge in [-0.25, -0.2) is 0 Å². The average Bonchev–Trinajstić information content (AvgIpc) is 2.54. The number of alkyl halides is 2. The summed E-state index contributed by atoms with van der Waals surface area (Å²) >= 11 is 0. The number of carbonyl (C=O) groups excluding carboxylic acids is 1. The number of rotatable bonds is 8. The second-order valence-electron chi connectivity index (χ2n) is 5.20. The van der Waals surface area contributed by atoms with E-state index in [0.717, 1.165) is 16.8 Å². The van der Waals surface area contributed by atoms with Gasteiger partial charge < -0.3 is 14.8 Å². The van der Waals surface area contributed by atoms with Gasteiger partial charge in [0, 0.05) is 19.2 Å². The van der Waals surface area contributed by atoms with E-state index in [1.807, 2.05) is 24.3 Å². The number of nitrogens with one attached hydrogen (secondary N) is 1. The molecule has 4 nitrogen and oxygen atoms in total. The molecule has 0 heterocycles. The number of amides is 1. The minimum absolute atomic E-state index is 0.105. The van der Waals surface area contributed by atoms with E-state index in [4.69, 9.17) is 4.74 Å². The van der Waals surface area contributed by atoms with Crippen molar-refractivity contribution in [3.8, 4) is 5.75 Å². The maximum absolute atomic E-state index is 12.1. The van der Waals surface area contributed by atoms with E-state index < -0.39 is 6.61 Å². The van der Waals surface area contributed by atoms with E-state index in [-0.39, 0.29) is 11.7 Å². The molecule has 0 radical (unpaired) electrons. The van der Waals surface area contributed by atoms with Crippen LogP contribution < -0.4 is 10.1 Å². The van der Waals surface area contributed by atoms with E-state index in [9.17, 15) is 13.6 Å². The van der Waals surface area contributed by atoms with Gasteiger partial charge in [-0.1, -0.05) is 24.3 Å². The Morgan fingerprint density at radius 2 is 1.88 bits per heavy atom. The highest BCUT2D eigenvalue weighted by Crippen LogP contribution is 2.16. The molecule has 0 aliphatic heterocycles. The molecule has 0 saturated carbocycles. The van der Waals surface area contributed by atoms with Crippen LogP contribution in [0, 0.1) is 0 Å². The molecule has 6 heteroatoms. The first kappa shape index (κ1) is 17.9. The highest BCUT2D eigenvalue weighted by Gasteiger charge is 2.06. The summed E-state index contributed by atoms with van der Waals surface area (Å²) in [6, 6.07) is 13.7. The number of aryl methyl sites for hydroxylation is 1. The van der Waals surface area contributed by atoms with Gasteiger partial charge >= 0.3 is 6.61 Å². The predicted octanol–water partition coefficient (Wildman–Crippen LogP) is 4.01. The monoisotopic (exact) mass is 335 g/mol. The summed E-state index contributed by atoms with van der Waals surface area (Å²) in [5.74, 6) is -0.00867. The van der Waals surface area contributed by atoms with Gasteiger partial charge in [0.15, 0.2) is 0 Å². The lowest BCUT2D eigenvalue weighted by Crippen LogP contribution is -2.12. The molecule has 2 rings (SSSR count). The Balaban J connectivity index is 1.83. The van der Waals surface area contributed by atoms with E-state index in [1.54, 1.807) is 19.2 Å². The molecule has 0 saturated heterocycles. The van der Waals surface area contributed by atoms with Gasteiger partial charge in [0.25, 0.3) is 0 Å². The topological polar surface area (TPSA) is 47.6 Å². The van der Waals surface area contributed by atoms with E-state index in [1.165, 1.54) is 12.1 Å². The highest BCUT2D eigenvalue weighted by atomic mass is 19.3. The van der Waals surface area contributed by atoms with Crippen LogP contribution in [-0.4, -0.2) is 19.6 Å². The summed E-state index contributed by atoms with van der Waals surface area (Å²) in [7, 11) is 1.61. The number of halogens is 2. The molecule has 0 unspecified atom stereocenters. The Hall–Kier alpha value is -2.47. The van der Waals surface area contributed by atoms with Crippen molar-refractivity contribution in [2.45, 2.75) is 26.1 Å². The first-order chi connectivity index (χ1) is 11.6. The lowest BCUT2D eigenvalue weighted by molar-refractivity contribution is -0.116. The average molecular weight is 335 g/mol. The molecule has 0 aliphatic carbocycles. The highest BCUT2D eigenvalue weighted by molar-refractivity contribution is 5.90. The second kappa shape index (κ2) is 8.98. The third-order valence-electron chi connectivity index (χ3n) is 3.31. The Morgan fingerprint density at radius 3 is 2.54 bits per heavy atom. The maximum Gasteiger partial charge on any atom is 0.387 e. The first-order valence-corrected chi connectivity index (χ1v) is 7.48. The minimum atomic E-state index is -2.84. The lowest BCUT2D eigenvalue weighted by Gasteiger charge is -2.08. The van der Waals surface area contributed by atoms with E-state index >= 15 is 0 Å². The predicted molar refractivity (Wildman–Crippen MR) is 87.2 cm³/mol. The van der Waals surface area contributed by atoms with Gasteiger partial charge in [-0.2, -0.15) is 8.78 Å². The molecule has 0 fully saturated rings. The third-order valence-corrected chi connectivity index (χ3v) is 3.31. The van der Waals surface area contributed by atoms with Crippen molar-refractivity contribution >= 4 is 11.6 Å². The number of hydrogen-bond donors (Lipinski definition) is 1. The molecule has 0 aliphatic rings. The molecule has 1 N–H and O–H groups in total. The van der Waals surface area contributed by atoms with Crippen molar-refractivity contribution in [3.05, 3.63) is 59.7 Å². The molecule has 0 bridgehead atoms. The lowest BCUT2D eigenvalue weighted by atomic mass is 10.1. The summed E-state index contributed by atoms with van der Waals surface area (Å²) in [5, 5.41) is 2.83. The summed E-state index contributed by atoms with van der Waals surface area (Å²) in [5.41, 5.74) is 2.57. The Kier molecular flexibility index (Phi) is 6.69. The van der Waals surface area contributed by atoms with Crippen LogP contribution in [0.3, 0.4) is 0 Å². The number of hydrogen-bond acceptors (Lipinski definition) is 3. The zero-order valence-corrected chi connectivity index (χ0v) is 13.3.